The number of benzene rings is 2. The van der Waals surface area contributed by atoms with Crippen molar-refractivity contribution < 1.29 is 0 Å². The third-order valence-corrected chi connectivity index (χ3v) is 3.31. The second kappa shape index (κ2) is 6.10. The predicted octanol–water partition coefficient (Wildman–Crippen LogP) is 2.78. The number of nitrogens with zero attached hydrogens (tertiary/aromatic N) is 5. The highest BCUT2D eigenvalue weighted by Crippen LogP contribution is 2.18. The maximum absolute atomic E-state index is 9.30. The molecule has 0 N–H and O–H groups in total. The zero-order chi connectivity index (χ0) is 15.4. The third-order valence-electron chi connectivity index (χ3n) is 3.31. The minimum absolute atomic E-state index is 0.322. The Balaban J connectivity index is 1.90. The summed E-state index contributed by atoms with van der Waals surface area (Å²) in [7, 11) is 1.91. The largest absolute Gasteiger partial charge is 0.351 e. The summed E-state index contributed by atoms with van der Waals surface area (Å²) in [5, 5.41) is 18.0. The van der Waals surface area contributed by atoms with Crippen molar-refractivity contribution >= 4 is 5.82 Å². The summed E-state index contributed by atoms with van der Waals surface area (Å²) in [6.45, 7) is 0.670. The average molecular weight is 289 g/mol. The van der Waals surface area contributed by atoms with Crippen molar-refractivity contribution in [1.29, 1.82) is 5.26 Å². The first-order chi connectivity index (χ1) is 10.8. The molecule has 0 atom stereocenters. The van der Waals surface area contributed by atoms with Gasteiger partial charge in [0.05, 0.1) is 5.69 Å². The van der Waals surface area contributed by atoms with Crippen molar-refractivity contribution in [3.8, 4) is 11.8 Å². The van der Waals surface area contributed by atoms with Crippen LogP contribution in [0.2, 0.25) is 0 Å². The molecule has 0 radical (unpaired) electrons. The first kappa shape index (κ1) is 13.8. The van der Waals surface area contributed by atoms with Crippen LogP contribution < -0.4 is 4.90 Å². The lowest BCUT2D eigenvalue weighted by molar-refractivity contribution is 0.742. The fourth-order valence-corrected chi connectivity index (χ4v) is 2.24. The van der Waals surface area contributed by atoms with Crippen molar-refractivity contribution in [2.75, 3.05) is 11.9 Å². The summed E-state index contributed by atoms with van der Waals surface area (Å²) in [5.74, 6) is 0.579. The van der Waals surface area contributed by atoms with Crippen LogP contribution in [0, 0.1) is 11.3 Å². The van der Waals surface area contributed by atoms with Crippen LogP contribution in [0.5, 0.6) is 0 Å². The standard InChI is InChI=1S/C17H15N5/c1-21(13-14-8-4-2-5-9-14)17-16(12-18)19-22(20-17)15-10-6-3-7-11-15/h2-11H,13H2,1H3. The molecule has 3 aromatic rings. The Labute approximate surface area is 129 Å². The molecule has 0 amide bonds. The van der Waals surface area contributed by atoms with Gasteiger partial charge in [0.2, 0.25) is 5.69 Å². The molecule has 5 nitrogen and oxygen atoms in total. The van der Waals surface area contributed by atoms with Gasteiger partial charge in [-0.1, -0.05) is 48.5 Å². The Hall–Kier alpha value is -3.13. The van der Waals surface area contributed by atoms with Crippen molar-refractivity contribution in [1.82, 2.24) is 15.0 Å². The number of hydrogen-bond acceptors (Lipinski definition) is 4. The second-order valence-corrected chi connectivity index (χ2v) is 4.95. The fourth-order valence-electron chi connectivity index (χ4n) is 2.24. The number of nitriles is 1. The molecule has 5 heteroatoms. The number of hydrogen-bond donors (Lipinski definition) is 0. The van der Waals surface area contributed by atoms with Gasteiger partial charge in [0, 0.05) is 13.6 Å². The van der Waals surface area contributed by atoms with E-state index in [-0.39, 0.29) is 0 Å². The molecule has 0 saturated carbocycles. The molecule has 0 aliphatic rings. The van der Waals surface area contributed by atoms with Gasteiger partial charge in [-0.3, -0.25) is 0 Å². The van der Waals surface area contributed by atoms with Crippen LogP contribution in [0.3, 0.4) is 0 Å². The summed E-state index contributed by atoms with van der Waals surface area (Å²) in [6.07, 6.45) is 0. The van der Waals surface area contributed by atoms with E-state index in [1.54, 1.807) is 0 Å². The van der Waals surface area contributed by atoms with E-state index in [2.05, 4.69) is 16.3 Å². The van der Waals surface area contributed by atoms with Gasteiger partial charge >= 0.3 is 0 Å². The fraction of sp³-hybridized carbons (Fsp3) is 0.118. The molecule has 0 saturated heterocycles. The van der Waals surface area contributed by atoms with Crippen LogP contribution >= 0.6 is 0 Å². The molecule has 2 aromatic carbocycles. The molecule has 1 heterocycles. The summed E-state index contributed by atoms with van der Waals surface area (Å²) in [5.41, 5.74) is 2.31. The molecule has 0 fully saturated rings. The summed E-state index contributed by atoms with van der Waals surface area (Å²) >= 11 is 0. The summed E-state index contributed by atoms with van der Waals surface area (Å²) in [6, 6.07) is 21.8. The highest BCUT2D eigenvalue weighted by Gasteiger charge is 2.15. The van der Waals surface area contributed by atoms with Crippen molar-refractivity contribution in [3.05, 3.63) is 71.9 Å². The van der Waals surface area contributed by atoms with Gasteiger partial charge in [0.1, 0.15) is 6.07 Å². The maximum atomic E-state index is 9.30. The van der Waals surface area contributed by atoms with Crippen LogP contribution in [0.25, 0.3) is 5.69 Å². The Kier molecular flexibility index (Phi) is 3.84. The maximum Gasteiger partial charge on any atom is 0.207 e. The first-order valence-corrected chi connectivity index (χ1v) is 6.96. The van der Waals surface area contributed by atoms with Crippen LogP contribution in [0.4, 0.5) is 5.82 Å². The molecular weight excluding hydrogens is 274 g/mol. The van der Waals surface area contributed by atoms with E-state index in [0.717, 1.165) is 11.3 Å². The van der Waals surface area contributed by atoms with E-state index in [9.17, 15) is 5.26 Å². The topological polar surface area (TPSA) is 57.7 Å². The zero-order valence-electron chi connectivity index (χ0n) is 12.2. The van der Waals surface area contributed by atoms with Crippen LogP contribution in [0.15, 0.2) is 60.7 Å². The van der Waals surface area contributed by atoms with E-state index < -0.39 is 0 Å². The van der Waals surface area contributed by atoms with Gasteiger partial charge in [0.25, 0.3) is 0 Å². The smallest absolute Gasteiger partial charge is 0.207 e. The summed E-state index contributed by atoms with van der Waals surface area (Å²) < 4.78 is 0. The Morgan fingerprint density at radius 3 is 2.27 bits per heavy atom. The number of rotatable bonds is 4. The minimum atomic E-state index is 0.322. The number of para-hydroxylation sites is 1. The Morgan fingerprint density at radius 1 is 1.00 bits per heavy atom. The van der Waals surface area contributed by atoms with Crippen LogP contribution in [-0.2, 0) is 6.54 Å². The third kappa shape index (κ3) is 2.81. The highest BCUT2D eigenvalue weighted by atomic mass is 15.5. The van der Waals surface area contributed by atoms with E-state index in [1.807, 2.05) is 72.6 Å². The Morgan fingerprint density at radius 2 is 1.64 bits per heavy atom. The molecule has 3 rings (SSSR count). The first-order valence-electron chi connectivity index (χ1n) is 6.96. The lowest BCUT2D eigenvalue weighted by atomic mass is 10.2. The molecule has 0 aliphatic carbocycles. The molecule has 0 bridgehead atoms. The Bertz CT molecular complexity index is 787. The van der Waals surface area contributed by atoms with E-state index >= 15 is 0 Å². The quantitative estimate of drug-likeness (QED) is 0.741. The van der Waals surface area contributed by atoms with Crippen molar-refractivity contribution in [2.24, 2.45) is 0 Å². The zero-order valence-corrected chi connectivity index (χ0v) is 12.2. The minimum Gasteiger partial charge on any atom is -0.351 e. The molecular formula is C17H15N5. The molecule has 22 heavy (non-hydrogen) atoms. The van der Waals surface area contributed by atoms with Gasteiger partial charge in [-0.05, 0) is 17.7 Å². The van der Waals surface area contributed by atoms with E-state index in [4.69, 9.17) is 0 Å². The van der Waals surface area contributed by atoms with Crippen LogP contribution in [-0.4, -0.2) is 22.0 Å². The van der Waals surface area contributed by atoms with Gasteiger partial charge in [-0.15, -0.1) is 15.0 Å². The van der Waals surface area contributed by atoms with Crippen LogP contribution in [0.1, 0.15) is 11.3 Å². The SMILES string of the molecule is CN(Cc1ccccc1)c1nn(-c2ccccc2)nc1C#N. The molecule has 0 aliphatic heterocycles. The molecule has 0 spiro atoms. The van der Waals surface area contributed by atoms with Gasteiger partial charge in [0.15, 0.2) is 5.82 Å². The van der Waals surface area contributed by atoms with Gasteiger partial charge in [-0.2, -0.15) is 5.26 Å². The molecule has 0 unspecified atom stereocenters. The van der Waals surface area contributed by atoms with Gasteiger partial charge < -0.3 is 4.90 Å². The lowest BCUT2D eigenvalue weighted by Crippen LogP contribution is -2.18. The summed E-state index contributed by atoms with van der Waals surface area (Å²) in [4.78, 5) is 3.43. The monoisotopic (exact) mass is 289 g/mol. The van der Waals surface area contributed by atoms with Gasteiger partial charge in [-0.25, -0.2) is 0 Å². The number of aromatic nitrogens is 3. The normalized spacial score (nSPS) is 10.2. The molecule has 1 aromatic heterocycles. The van der Waals surface area contributed by atoms with Crippen molar-refractivity contribution in [3.63, 3.8) is 0 Å². The average Bonchev–Trinajstić information content (AvgIpc) is 3.01. The van der Waals surface area contributed by atoms with E-state index in [1.165, 1.54) is 4.80 Å². The predicted molar refractivity (Wildman–Crippen MR) is 84.6 cm³/mol. The van der Waals surface area contributed by atoms with E-state index in [0.29, 0.717) is 18.1 Å². The van der Waals surface area contributed by atoms with Crippen molar-refractivity contribution in [2.45, 2.75) is 6.54 Å². The lowest BCUT2D eigenvalue weighted by Gasteiger charge is -2.15. The molecule has 108 valence electrons. The second-order valence-electron chi connectivity index (χ2n) is 4.95. The highest BCUT2D eigenvalue weighted by molar-refractivity contribution is 5.50. The number of anilines is 1.